The van der Waals surface area contributed by atoms with Crippen LogP contribution >= 0.6 is 0 Å². The number of nitrogen functional groups attached to an aromatic ring is 1. The van der Waals surface area contributed by atoms with Gasteiger partial charge in [0.2, 0.25) is 0 Å². The van der Waals surface area contributed by atoms with E-state index in [-0.39, 0.29) is 0 Å². The summed E-state index contributed by atoms with van der Waals surface area (Å²) >= 11 is 0. The Balaban J connectivity index is 1.66. The van der Waals surface area contributed by atoms with Gasteiger partial charge in [-0.15, -0.1) is 0 Å². The number of hydrogen-bond donors (Lipinski definition) is 2. The fraction of sp³-hybridized carbons (Fsp3) is 0.538. The first-order chi connectivity index (χ1) is 9.31. The first-order valence-corrected chi connectivity index (χ1v) is 6.91. The molecule has 2 unspecified atom stereocenters. The second-order valence-electron chi connectivity index (χ2n) is 5.46. The van der Waals surface area contributed by atoms with Crippen LogP contribution in [0.1, 0.15) is 19.3 Å². The van der Waals surface area contributed by atoms with E-state index in [0.29, 0.717) is 17.9 Å². The maximum atomic E-state index is 5.85. The highest BCUT2D eigenvalue weighted by Gasteiger charge is 2.37. The molecular weight excluding hydrogens is 240 g/mol. The van der Waals surface area contributed by atoms with Crippen LogP contribution in [-0.4, -0.2) is 44.4 Å². The highest BCUT2D eigenvalue weighted by Crippen LogP contribution is 2.30. The Morgan fingerprint density at radius 1 is 1.32 bits per heavy atom. The van der Waals surface area contributed by atoms with E-state index in [1.54, 1.807) is 12.4 Å². The van der Waals surface area contributed by atoms with Crippen LogP contribution in [0.15, 0.2) is 18.6 Å². The van der Waals surface area contributed by atoms with Crippen LogP contribution in [-0.2, 0) is 0 Å². The summed E-state index contributed by atoms with van der Waals surface area (Å²) in [5, 5.41) is 3.57. The molecule has 19 heavy (non-hydrogen) atoms. The zero-order valence-electron chi connectivity index (χ0n) is 10.8. The number of rotatable bonds is 2. The fourth-order valence-corrected chi connectivity index (χ4v) is 3.47. The molecule has 4 heterocycles. The summed E-state index contributed by atoms with van der Waals surface area (Å²) in [7, 11) is 0. The number of nitrogens with zero attached hydrogens (tertiary/aromatic N) is 4. The number of imidazole rings is 1. The van der Waals surface area contributed by atoms with Gasteiger partial charge in [-0.3, -0.25) is 4.90 Å². The molecule has 0 aliphatic carbocycles. The van der Waals surface area contributed by atoms with E-state index >= 15 is 0 Å². The summed E-state index contributed by atoms with van der Waals surface area (Å²) in [6.07, 6.45) is 9.24. The lowest BCUT2D eigenvalue weighted by molar-refractivity contribution is 0.318. The zero-order chi connectivity index (χ0) is 12.8. The summed E-state index contributed by atoms with van der Waals surface area (Å²) in [5.41, 5.74) is 6.71. The SMILES string of the molecule is Nc1cn2ccnc2c(NC2CCN3CCCC23)n1. The third kappa shape index (κ3) is 1.74. The van der Waals surface area contributed by atoms with Crippen molar-refractivity contribution in [1.29, 1.82) is 0 Å². The van der Waals surface area contributed by atoms with Gasteiger partial charge in [0.25, 0.3) is 0 Å². The van der Waals surface area contributed by atoms with Gasteiger partial charge in [-0.05, 0) is 25.8 Å². The second kappa shape index (κ2) is 4.09. The topological polar surface area (TPSA) is 71.5 Å². The van der Waals surface area contributed by atoms with Gasteiger partial charge in [0.05, 0.1) is 6.20 Å². The minimum absolute atomic E-state index is 0.470. The molecule has 2 saturated heterocycles. The lowest BCUT2D eigenvalue weighted by atomic mass is 10.1. The predicted octanol–water partition coefficient (Wildman–Crippen LogP) is 0.960. The van der Waals surface area contributed by atoms with Crippen LogP contribution in [0.5, 0.6) is 0 Å². The molecule has 2 aliphatic rings. The van der Waals surface area contributed by atoms with Gasteiger partial charge in [0.1, 0.15) is 5.82 Å². The average Bonchev–Trinajstić information content (AvgIpc) is 3.05. The van der Waals surface area contributed by atoms with Gasteiger partial charge in [-0.2, -0.15) is 0 Å². The van der Waals surface area contributed by atoms with Crippen molar-refractivity contribution in [3.8, 4) is 0 Å². The fourth-order valence-electron chi connectivity index (χ4n) is 3.47. The molecule has 6 nitrogen and oxygen atoms in total. The molecule has 3 N–H and O–H groups in total. The van der Waals surface area contributed by atoms with Crippen molar-refractivity contribution in [3.63, 3.8) is 0 Å². The third-order valence-electron chi connectivity index (χ3n) is 4.32. The number of nitrogens with one attached hydrogen (secondary N) is 1. The van der Waals surface area contributed by atoms with Crippen molar-refractivity contribution < 1.29 is 0 Å². The summed E-state index contributed by atoms with van der Waals surface area (Å²) in [6.45, 7) is 2.43. The Bertz CT molecular complexity index is 606. The molecule has 2 aliphatic heterocycles. The Kier molecular flexibility index (Phi) is 2.38. The zero-order valence-corrected chi connectivity index (χ0v) is 10.8. The molecule has 0 amide bonds. The van der Waals surface area contributed by atoms with Gasteiger partial charge in [0.15, 0.2) is 11.5 Å². The molecule has 0 saturated carbocycles. The first-order valence-electron chi connectivity index (χ1n) is 6.91. The normalized spacial score (nSPS) is 26.9. The highest BCUT2D eigenvalue weighted by atomic mass is 15.3. The summed E-state index contributed by atoms with van der Waals surface area (Å²) in [6, 6.07) is 1.12. The lowest BCUT2D eigenvalue weighted by Crippen LogP contribution is -2.34. The molecule has 0 spiro atoms. The van der Waals surface area contributed by atoms with E-state index in [2.05, 4.69) is 20.2 Å². The van der Waals surface area contributed by atoms with Crippen LogP contribution in [0.2, 0.25) is 0 Å². The lowest BCUT2D eigenvalue weighted by Gasteiger charge is -2.22. The van der Waals surface area contributed by atoms with E-state index in [1.807, 2.05) is 10.6 Å². The van der Waals surface area contributed by atoms with Gasteiger partial charge >= 0.3 is 0 Å². The number of hydrogen-bond acceptors (Lipinski definition) is 5. The Hall–Kier alpha value is -1.82. The van der Waals surface area contributed by atoms with Gasteiger partial charge in [-0.1, -0.05) is 0 Å². The van der Waals surface area contributed by atoms with Crippen molar-refractivity contribution in [1.82, 2.24) is 19.3 Å². The monoisotopic (exact) mass is 258 g/mol. The van der Waals surface area contributed by atoms with Crippen LogP contribution in [0.25, 0.3) is 5.65 Å². The molecular formula is C13H18N6. The number of aromatic nitrogens is 3. The van der Waals surface area contributed by atoms with Crippen molar-refractivity contribution in [2.75, 3.05) is 24.1 Å². The summed E-state index contributed by atoms with van der Waals surface area (Å²) < 4.78 is 1.92. The van der Waals surface area contributed by atoms with Gasteiger partial charge < -0.3 is 15.5 Å². The van der Waals surface area contributed by atoms with E-state index in [1.165, 1.54) is 32.4 Å². The van der Waals surface area contributed by atoms with Crippen LogP contribution in [0.3, 0.4) is 0 Å². The van der Waals surface area contributed by atoms with E-state index in [9.17, 15) is 0 Å². The second-order valence-corrected chi connectivity index (χ2v) is 5.46. The average molecular weight is 258 g/mol. The van der Waals surface area contributed by atoms with Gasteiger partial charge in [-0.25, -0.2) is 9.97 Å². The van der Waals surface area contributed by atoms with Crippen molar-refractivity contribution in [2.24, 2.45) is 0 Å². The third-order valence-corrected chi connectivity index (χ3v) is 4.32. The molecule has 2 fully saturated rings. The first kappa shape index (κ1) is 11.0. The molecule has 6 heteroatoms. The minimum Gasteiger partial charge on any atom is -0.382 e. The molecule has 4 rings (SSSR count). The molecule has 0 radical (unpaired) electrons. The standard InChI is InChI=1S/C13H18N6/c14-11-8-19-7-4-15-13(19)12(17-11)16-9-3-6-18-5-1-2-10(9)18/h4,7-10H,1-3,5-6,14H2,(H,16,17). The van der Waals surface area contributed by atoms with Gasteiger partial charge in [0, 0.05) is 31.0 Å². The molecule has 2 aromatic rings. The van der Waals surface area contributed by atoms with E-state index in [0.717, 1.165) is 11.5 Å². The smallest absolute Gasteiger partial charge is 0.180 e. The van der Waals surface area contributed by atoms with E-state index in [4.69, 9.17) is 5.73 Å². The molecule has 2 aromatic heterocycles. The van der Waals surface area contributed by atoms with Crippen molar-refractivity contribution in [2.45, 2.75) is 31.3 Å². The Labute approximate surface area is 111 Å². The molecule has 0 aromatic carbocycles. The molecule has 0 bridgehead atoms. The number of nitrogens with two attached hydrogens (primary N) is 1. The number of anilines is 2. The molecule has 100 valence electrons. The Morgan fingerprint density at radius 3 is 3.21 bits per heavy atom. The van der Waals surface area contributed by atoms with Crippen LogP contribution in [0.4, 0.5) is 11.6 Å². The summed E-state index contributed by atoms with van der Waals surface area (Å²) in [4.78, 5) is 11.3. The van der Waals surface area contributed by atoms with E-state index < -0.39 is 0 Å². The maximum absolute atomic E-state index is 5.85. The van der Waals surface area contributed by atoms with Crippen LogP contribution in [0, 0.1) is 0 Å². The quantitative estimate of drug-likeness (QED) is 0.839. The minimum atomic E-state index is 0.470. The highest BCUT2D eigenvalue weighted by molar-refractivity contribution is 5.65. The summed E-state index contributed by atoms with van der Waals surface area (Å²) in [5.74, 6) is 1.33. The predicted molar refractivity (Wildman–Crippen MR) is 74.0 cm³/mol. The van der Waals surface area contributed by atoms with Crippen LogP contribution < -0.4 is 11.1 Å². The molecule has 2 atom stereocenters. The Morgan fingerprint density at radius 2 is 2.26 bits per heavy atom. The maximum Gasteiger partial charge on any atom is 0.180 e. The number of fused-ring (bicyclic) bond motifs is 2. The van der Waals surface area contributed by atoms with Crippen molar-refractivity contribution in [3.05, 3.63) is 18.6 Å². The largest absolute Gasteiger partial charge is 0.382 e. The van der Waals surface area contributed by atoms with Crippen molar-refractivity contribution >= 4 is 17.3 Å².